The minimum Gasteiger partial charge on any atom is -0.338 e. The number of nitrogens with zero attached hydrogens (tertiary/aromatic N) is 6. The molecule has 4 rings (SSSR count). The van der Waals surface area contributed by atoms with Gasteiger partial charge in [0.25, 0.3) is 0 Å². The lowest BCUT2D eigenvalue weighted by Crippen LogP contribution is -2.45. The van der Waals surface area contributed by atoms with Crippen molar-refractivity contribution in [2.24, 2.45) is 0 Å². The fourth-order valence-corrected chi connectivity index (χ4v) is 3.02. The second-order valence-electron chi connectivity index (χ2n) is 6.12. The SMILES string of the molecule is Cc1ccc2c(c1)nc(N1CCN(C)CC1)n1nc(C)nc21. The van der Waals surface area contributed by atoms with Crippen LogP contribution in [0.2, 0.25) is 0 Å². The first kappa shape index (κ1) is 13.5. The van der Waals surface area contributed by atoms with Crippen molar-refractivity contribution in [1.82, 2.24) is 24.5 Å². The quantitative estimate of drug-likeness (QED) is 0.683. The molecule has 0 unspecified atom stereocenters. The molecule has 3 aromatic rings. The van der Waals surface area contributed by atoms with Crippen LogP contribution >= 0.6 is 0 Å². The molecular weight excluding hydrogens is 276 g/mol. The summed E-state index contributed by atoms with van der Waals surface area (Å²) in [4.78, 5) is 14.2. The summed E-state index contributed by atoms with van der Waals surface area (Å²) < 4.78 is 1.90. The van der Waals surface area contributed by atoms with E-state index in [0.717, 1.165) is 54.5 Å². The van der Waals surface area contributed by atoms with Gasteiger partial charge in [0.05, 0.1) is 5.52 Å². The van der Waals surface area contributed by atoms with Crippen LogP contribution in [0.3, 0.4) is 0 Å². The van der Waals surface area contributed by atoms with E-state index in [1.807, 2.05) is 11.4 Å². The number of likely N-dealkylation sites (N-methyl/N-ethyl adjacent to an activating group) is 1. The minimum absolute atomic E-state index is 0.783. The van der Waals surface area contributed by atoms with Crippen LogP contribution in [0.5, 0.6) is 0 Å². The summed E-state index contributed by atoms with van der Waals surface area (Å²) in [6.07, 6.45) is 0. The summed E-state index contributed by atoms with van der Waals surface area (Å²) in [5, 5.41) is 5.63. The molecule has 0 bridgehead atoms. The summed E-state index contributed by atoms with van der Waals surface area (Å²) in [7, 11) is 2.16. The maximum atomic E-state index is 4.89. The van der Waals surface area contributed by atoms with Gasteiger partial charge in [-0.05, 0) is 38.6 Å². The fraction of sp³-hybridized carbons (Fsp3) is 0.438. The molecule has 0 aliphatic carbocycles. The van der Waals surface area contributed by atoms with Gasteiger partial charge in [0, 0.05) is 31.6 Å². The van der Waals surface area contributed by atoms with Crippen molar-refractivity contribution in [3.8, 4) is 0 Å². The Bertz CT molecular complexity index is 845. The standard InChI is InChI=1S/C16H20N6/c1-11-4-5-13-14(10-11)18-16(21-8-6-20(3)7-9-21)22-15(13)17-12(2)19-22/h4-5,10H,6-9H2,1-3H3. The molecule has 22 heavy (non-hydrogen) atoms. The van der Waals surface area contributed by atoms with Crippen LogP contribution < -0.4 is 4.90 Å². The van der Waals surface area contributed by atoms with Crippen molar-refractivity contribution >= 4 is 22.5 Å². The Morgan fingerprint density at radius 3 is 2.55 bits per heavy atom. The monoisotopic (exact) mass is 296 g/mol. The molecule has 0 atom stereocenters. The molecule has 0 amide bonds. The Balaban J connectivity index is 1.95. The Kier molecular flexibility index (Phi) is 3.00. The normalized spacial score (nSPS) is 16.8. The summed E-state index contributed by atoms with van der Waals surface area (Å²) in [6.45, 7) is 8.05. The van der Waals surface area contributed by atoms with Crippen LogP contribution in [0.25, 0.3) is 16.6 Å². The molecule has 1 aliphatic heterocycles. The Morgan fingerprint density at radius 2 is 1.77 bits per heavy atom. The van der Waals surface area contributed by atoms with Gasteiger partial charge in [-0.2, -0.15) is 4.52 Å². The minimum atomic E-state index is 0.783. The third-order valence-corrected chi connectivity index (χ3v) is 4.30. The van der Waals surface area contributed by atoms with Gasteiger partial charge in [0.1, 0.15) is 5.82 Å². The van der Waals surface area contributed by atoms with Crippen molar-refractivity contribution in [3.63, 3.8) is 0 Å². The van der Waals surface area contributed by atoms with Crippen LogP contribution in [-0.4, -0.2) is 57.7 Å². The van der Waals surface area contributed by atoms with Crippen LogP contribution in [-0.2, 0) is 0 Å². The number of aryl methyl sites for hydroxylation is 2. The molecule has 0 saturated carbocycles. The summed E-state index contributed by atoms with van der Waals surface area (Å²) in [5.41, 5.74) is 3.11. The average Bonchev–Trinajstić information content (AvgIpc) is 2.88. The lowest BCUT2D eigenvalue weighted by atomic mass is 10.2. The molecule has 6 heteroatoms. The van der Waals surface area contributed by atoms with Crippen LogP contribution in [0.1, 0.15) is 11.4 Å². The van der Waals surface area contributed by atoms with Gasteiger partial charge >= 0.3 is 0 Å². The molecule has 2 aromatic heterocycles. The highest BCUT2D eigenvalue weighted by Crippen LogP contribution is 2.24. The maximum Gasteiger partial charge on any atom is 0.229 e. The van der Waals surface area contributed by atoms with Gasteiger partial charge in [0.15, 0.2) is 5.65 Å². The van der Waals surface area contributed by atoms with Gasteiger partial charge in [0.2, 0.25) is 5.95 Å². The lowest BCUT2D eigenvalue weighted by molar-refractivity contribution is 0.310. The third kappa shape index (κ3) is 2.11. The van der Waals surface area contributed by atoms with E-state index in [1.54, 1.807) is 0 Å². The molecule has 6 nitrogen and oxygen atoms in total. The maximum absolute atomic E-state index is 4.89. The Hall–Kier alpha value is -2.21. The third-order valence-electron chi connectivity index (χ3n) is 4.30. The van der Waals surface area contributed by atoms with Crippen molar-refractivity contribution < 1.29 is 0 Å². The smallest absolute Gasteiger partial charge is 0.229 e. The van der Waals surface area contributed by atoms with Gasteiger partial charge in [-0.25, -0.2) is 9.97 Å². The fourth-order valence-electron chi connectivity index (χ4n) is 3.02. The molecule has 1 saturated heterocycles. The molecule has 1 aliphatic rings. The van der Waals surface area contributed by atoms with Crippen LogP contribution in [0.4, 0.5) is 5.95 Å². The molecule has 0 radical (unpaired) electrons. The van der Waals surface area contributed by atoms with Gasteiger partial charge in [-0.15, -0.1) is 5.10 Å². The number of rotatable bonds is 1. The largest absolute Gasteiger partial charge is 0.338 e. The molecule has 114 valence electrons. The first-order valence-corrected chi connectivity index (χ1v) is 7.69. The zero-order valence-electron chi connectivity index (χ0n) is 13.2. The number of piperazine rings is 1. The highest BCUT2D eigenvalue weighted by atomic mass is 15.4. The number of hydrogen-bond donors (Lipinski definition) is 0. The predicted molar refractivity (Wildman–Crippen MR) is 87.5 cm³/mol. The van der Waals surface area contributed by atoms with Crippen LogP contribution in [0.15, 0.2) is 18.2 Å². The molecule has 0 spiro atoms. The first-order valence-electron chi connectivity index (χ1n) is 7.69. The zero-order chi connectivity index (χ0) is 15.3. The van der Waals surface area contributed by atoms with Crippen molar-refractivity contribution in [1.29, 1.82) is 0 Å². The topological polar surface area (TPSA) is 49.6 Å². The molecule has 0 N–H and O–H groups in total. The number of fused-ring (bicyclic) bond motifs is 3. The van der Waals surface area contributed by atoms with E-state index in [2.05, 4.69) is 52.1 Å². The Labute approximate surface area is 129 Å². The second kappa shape index (κ2) is 4.91. The van der Waals surface area contributed by atoms with E-state index in [1.165, 1.54) is 5.56 Å². The Morgan fingerprint density at radius 1 is 1.00 bits per heavy atom. The average molecular weight is 296 g/mol. The first-order chi connectivity index (χ1) is 10.6. The van der Waals surface area contributed by atoms with E-state index < -0.39 is 0 Å². The van der Waals surface area contributed by atoms with Crippen molar-refractivity contribution in [3.05, 3.63) is 29.6 Å². The molecule has 3 heterocycles. The van der Waals surface area contributed by atoms with E-state index in [0.29, 0.717) is 0 Å². The molecular formula is C16H20N6. The predicted octanol–water partition coefficient (Wildman–Crippen LogP) is 1.65. The molecule has 1 aromatic carbocycles. The van der Waals surface area contributed by atoms with Gasteiger partial charge < -0.3 is 9.80 Å². The van der Waals surface area contributed by atoms with E-state index in [4.69, 9.17) is 4.98 Å². The summed E-state index contributed by atoms with van der Waals surface area (Å²) >= 11 is 0. The van der Waals surface area contributed by atoms with Gasteiger partial charge in [-0.3, -0.25) is 0 Å². The number of anilines is 1. The zero-order valence-corrected chi connectivity index (χ0v) is 13.2. The highest BCUT2D eigenvalue weighted by Gasteiger charge is 2.20. The number of benzene rings is 1. The van der Waals surface area contributed by atoms with E-state index in [9.17, 15) is 0 Å². The summed E-state index contributed by atoms with van der Waals surface area (Å²) in [6, 6.07) is 6.32. The van der Waals surface area contributed by atoms with E-state index >= 15 is 0 Å². The van der Waals surface area contributed by atoms with Crippen LogP contribution in [0, 0.1) is 13.8 Å². The lowest BCUT2D eigenvalue weighted by Gasteiger charge is -2.33. The van der Waals surface area contributed by atoms with Crippen molar-refractivity contribution in [2.75, 3.05) is 38.1 Å². The van der Waals surface area contributed by atoms with E-state index in [-0.39, 0.29) is 0 Å². The van der Waals surface area contributed by atoms with Crippen molar-refractivity contribution in [2.45, 2.75) is 13.8 Å². The second-order valence-corrected chi connectivity index (χ2v) is 6.12. The van der Waals surface area contributed by atoms with Gasteiger partial charge in [-0.1, -0.05) is 6.07 Å². The molecule has 1 fully saturated rings. The summed E-state index contributed by atoms with van der Waals surface area (Å²) in [5.74, 6) is 1.69. The number of aromatic nitrogens is 4. The highest BCUT2D eigenvalue weighted by molar-refractivity contribution is 5.92. The number of hydrogen-bond acceptors (Lipinski definition) is 5.